The van der Waals surface area contributed by atoms with Crippen LogP contribution in [-0.2, 0) is 6.18 Å². The highest BCUT2D eigenvalue weighted by molar-refractivity contribution is 9.10. The van der Waals surface area contributed by atoms with Crippen molar-refractivity contribution in [3.05, 3.63) is 23.9 Å². The highest BCUT2D eigenvalue weighted by Crippen LogP contribution is 2.29. The number of rotatable bonds is 1. The van der Waals surface area contributed by atoms with Gasteiger partial charge < -0.3 is 4.34 Å². The fourth-order valence-corrected chi connectivity index (χ4v) is 0.875. The van der Waals surface area contributed by atoms with Crippen LogP contribution in [-0.4, -0.2) is 4.98 Å². The molecular formula is C6H4BrF3N2. The van der Waals surface area contributed by atoms with E-state index in [0.717, 1.165) is 18.3 Å². The van der Waals surface area contributed by atoms with E-state index in [2.05, 4.69) is 25.5 Å². The molecule has 1 rings (SSSR count). The SMILES string of the molecule is FC(F)(F)c1ccnc(NBr)c1. The van der Waals surface area contributed by atoms with E-state index >= 15 is 0 Å². The van der Waals surface area contributed by atoms with E-state index in [1.54, 1.807) is 0 Å². The Kier molecular flexibility index (Phi) is 2.56. The van der Waals surface area contributed by atoms with Gasteiger partial charge in [-0.3, -0.25) is 0 Å². The Balaban J connectivity index is 3.02. The molecule has 0 fully saturated rings. The number of nitrogens with one attached hydrogen (secondary N) is 1. The van der Waals surface area contributed by atoms with Crippen LogP contribution in [0.5, 0.6) is 0 Å². The molecule has 12 heavy (non-hydrogen) atoms. The second-order valence-electron chi connectivity index (χ2n) is 2.02. The van der Waals surface area contributed by atoms with Crippen LogP contribution in [0.3, 0.4) is 0 Å². The normalized spacial score (nSPS) is 11.3. The first-order valence-electron chi connectivity index (χ1n) is 2.94. The molecule has 1 aromatic heterocycles. The van der Waals surface area contributed by atoms with Gasteiger partial charge in [0.15, 0.2) is 0 Å². The number of halogens is 4. The number of hydrogen-bond donors (Lipinski definition) is 1. The van der Waals surface area contributed by atoms with Gasteiger partial charge in [0.1, 0.15) is 5.82 Å². The third-order valence-corrected chi connectivity index (χ3v) is 1.59. The Hall–Kier alpha value is -0.780. The van der Waals surface area contributed by atoms with Gasteiger partial charge in [0.25, 0.3) is 0 Å². The fraction of sp³-hybridized carbons (Fsp3) is 0.167. The molecule has 66 valence electrons. The molecule has 0 atom stereocenters. The first-order valence-corrected chi connectivity index (χ1v) is 3.73. The van der Waals surface area contributed by atoms with Crippen molar-refractivity contribution in [1.29, 1.82) is 0 Å². The number of anilines is 1. The minimum Gasteiger partial charge on any atom is -0.307 e. The second kappa shape index (κ2) is 3.30. The van der Waals surface area contributed by atoms with Gasteiger partial charge in [-0.25, -0.2) is 4.98 Å². The van der Waals surface area contributed by atoms with Crippen molar-refractivity contribution in [2.24, 2.45) is 0 Å². The summed E-state index contributed by atoms with van der Waals surface area (Å²) >= 11 is 2.78. The molecule has 0 saturated carbocycles. The van der Waals surface area contributed by atoms with E-state index in [9.17, 15) is 13.2 Å². The predicted molar refractivity (Wildman–Crippen MR) is 41.8 cm³/mol. The van der Waals surface area contributed by atoms with Crippen LogP contribution >= 0.6 is 16.1 Å². The molecule has 0 amide bonds. The van der Waals surface area contributed by atoms with Crippen molar-refractivity contribution in [2.45, 2.75) is 6.18 Å². The van der Waals surface area contributed by atoms with Crippen LogP contribution in [0.1, 0.15) is 5.56 Å². The molecule has 1 aromatic rings. The number of pyridine rings is 1. The van der Waals surface area contributed by atoms with Gasteiger partial charge in [0, 0.05) is 22.3 Å². The summed E-state index contributed by atoms with van der Waals surface area (Å²) in [5.74, 6) is 0.129. The summed E-state index contributed by atoms with van der Waals surface area (Å²) in [4.78, 5) is 3.61. The highest BCUT2D eigenvalue weighted by Gasteiger charge is 2.30. The maximum Gasteiger partial charge on any atom is 0.416 e. The summed E-state index contributed by atoms with van der Waals surface area (Å²) in [6.45, 7) is 0. The van der Waals surface area contributed by atoms with E-state index in [0.29, 0.717) is 0 Å². The summed E-state index contributed by atoms with van der Waals surface area (Å²) in [6, 6.07) is 1.82. The quantitative estimate of drug-likeness (QED) is 0.764. The Morgan fingerprint density at radius 3 is 2.58 bits per heavy atom. The third kappa shape index (κ3) is 2.10. The molecular weight excluding hydrogens is 237 g/mol. The Labute approximate surface area is 75.1 Å². The van der Waals surface area contributed by atoms with E-state index < -0.39 is 11.7 Å². The highest BCUT2D eigenvalue weighted by atomic mass is 79.9. The molecule has 1 N–H and O–H groups in total. The minimum absolute atomic E-state index is 0.129. The molecule has 0 unspecified atom stereocenters. The second-order valence-corrected chi connectivity index (χ2v) is 2.42. The molecule has 0 aliphatic carbocycles. The molecule has 0 bridgehead atoms. The van der Waals surface area contributed by atoms with Gasteiger partial charge in [-0.1, -0.05) is 0 Å². The molecule has 0 aliphatic rings. The lowest BCUT2D eigenvalue weighted by Crippen LogP contribution is -2.05. The zero-order valence-corrected chi connectivity index (χ0v) is 7.28. The summed E-state index contributed by atoms with van der Waals surface area (Å²) < 4.78 is 38.4. The molecule has 2 nitrogen and oxygen atoms in total. The summed E-state index contributed by atoms with van der Waals surface area (Å²) in [5, 5.41) is 0. The fourth-order valence-electron chi connectivity index (χ4n) is 0.659. The third-order valence-electron chi connectivity index (χ3n) is 1.18. The number of hydrogen-bond acceptors (Lipinski definition) is 2. The van der Waals surface area contributed by atoms with Crippen LogP contribution in [0.4, 0.5) is 19.0 Å². The average Bonchev–Trinajstić information content (AvgIpc) is 2.03. The van der Waals surface area contributed by atoms with Crippen LogP contribution < -0.4 is 4.34 Å². The smallest absolute Gasteiger partial charge is 0.307 e. The molecule has 6 heteroatoms. The summed E-state index contributed by atoms with van der Waals surface area (Å²) in [7, 11) is 0. The molecule has 0 aromatic carbocycles. The van der Waals surface area contributed by atoms with E-state index in [1.807, 2.05) is 0 Å². The van der Waals surface area contributed by atoms with Gasteiger partial charge in [-0.2, -0.15) is 13.2 Å². The van der Waals surface area contributed by atoms with Crippen molar-refractivity contribution in [2.75, 3.05) is 4.34 Å². The average molecular weight is 241 g/mol. The van der Waals surface area contributed by atoms with Crippen LogP contribution in [0.2, 0.25) is 0 Å². The van der Waals surface area contributed by atoms with Gasteiger partial charge in [-0.15, -0.1) is 0 Å². The lowest BCUT2D eigenvalue weighted by Gasteiger charge is -2.06. The first kappa shape index (κ1) is 9.31. The van der Waals surface area contributed by atoms with Gasteiger partial charge in [0.2, 0.25) is 0 Å². The van der Waals surface area contributed by atoms with E-state index in [1.165, 1.54) is 0 Å². The Morgan fingerprint density at radius 1 is 1.42 bits per heavy atom. The predicted octanol–water partition coefficient (Wildman–Crippen LogP) is 2.82. The number of nitrogens with zero attached hydrogens (tertiary/aromatic N) is 1. The van der Waals surface area contributed by atoms with Crippen molar-refractivity contribution in [3.8, 4) is 0 Å². The van der Waals surface area contributed by atoms with Crippen molar-refractivity contribution in [1.82, 2.24) is 4.98 Å². The van der Waals surface area contributed by atoms with Gasteiger partial charge in [-0.05, 0) is 12.1 Å². The largest absolute Gasteiger partial charge is 0.416 e. The van der Waals surface area contributed by atoms with E-state index in [4.69, 9.17) is 0 Å². The molecule has 0 spiro atoms. The Bertz CT molecular complexity index is 274. The molecule has 0 saturated heterocycles. The molecule has 0 aliphatic heterocycles. The van der Waals surface area contributed by atoms with Crippen molar-refractivity contribution in [3.63, 3.8) is 0 Å². The first-order chi connectivity index (χ1) is 5.54. The number of aromatic nitrogens is 1. The maximum atomic E-state index is 12.0. The van der Waals surface area contributed by atoms with E-state index in [-0.39, 0.29) is 5.82 Å². The Morgan fingerprint density at radius 2 is 2.08 bits per heavy atom. The number of alkyl halides is 3. The topological polar surface area (TPSA) is 24.9 Å². The maximum absolute atomic E-state index is 12.0. The molecule has 0 radical (unpaired) electrons. The lowest BCUT2D eigenvalue weighted by atomic mass is 10.2. The van der Waals surface area contributed by atoms with Crippen LogP contribution in [0.25, 0.3) is 0 Å². The zero-order valence-electron chi connectivity index (χ0n) is 5.69. The standard InChI is InChI=1S/C6H4BrF3N2/c7-12-5-3-4(1-2-11-5)6(8,9)10/h1-3H,(H,11,12). The lowest BCUT2D eigenvalue weighted by molar-refractivity contribution is -0.137. The van der Waals surface area contributed by atoms with Gasteiger partial charge >= 0.3 is 6.18 Å². The van der Waals surface area contributed by atoms with Crippen molar-refractivity contribution < 1.29 is 13.2 Å². The van der Waals surface area contributed by atoms with Gasteiger partial charge in [0.05, 0.1) is 5.56 Å². The van der Waals surface area contributed by atoms with Crippen molar-refractivity contribution >= 4 is 22.0 Å². The van der Waals surface area contributed by atoms with Crippen LogP contribution in [0, 0.1) is 0 Å². The van der Waals surface area contributed by atoms with Crippen LogP contribution in [0.15, 0.2) is 18.3 Å². The summed E-state index contributed by atoms with van der Waals surface area (Å²) in [5.41, 5.74) is -0.723. The minimum atomic E-state index is -4.32. The monoisotopic (exact) mass is 240 g/mol. The summed E-state index contributed by atoms with van der Waals surface area (Å²) in [6.07, 6.45) is -3.23. The zero-order chi connectivity index (χ0) is 9.19. The molecule has 1 heterocycles.